The topological polar surface area (TPSA) is 122 Å². The minimum Gasteiger partial charge on any atom is -0.490 e. The minimum absolute atomic E-state index is 0.00363. The summed E-state index contributed by atoms with van der Waals surface area (Å²) in [6, 6.07) is 12.3. The highest BCUT2D eigenvalue weighted by Gasteiger charge is 2.21. The highest BCUT2D eigenvalue weighted by Crippen LogP contribution is 2.31. The quantitative estimate of drug-likeness (QED) is 0.379. The van der Waals surface area contributed by atoms with Crippen molar-refractivity contribution in [1.82, 2.24) is 24.5 Å². The molecule has 4 heterocycles. The Morgan fingerprint density at radius 1 is 1.08 bits per heavy atom. The van der Waals surface area contributed by atoms with E-state index < -0.39 is 11.5 Å². The lowest BCUT2D eigenvalue weighted by molar-refractivity contribution is 0.101. The molecule has 12 heteroatoms. The predicted molar refractivity (Wildman–Crippen MR) is 134 cm³/mol. The van der Waals surface area contributed by atoms with E-state index in [2.05, 4.69) is 20.7 Å². The lowest BCUT2D eigenvalue weighted by Gasteiger charge is -2.11. The first-order valence-electron chi connectivity index (χ1n) is 11.8. The molecule has 38 heavy (non-hydrogen) atoms. The van der Waals surface area contributed by atoms with E-state index in [0.29, 0.717) is 58.3 Å². The number of benzene rings is 2. The predicted octanol–water partition coefficient (Wildman–Crippen LogP) is 2.94. The number of hydrogen-bond acceptors (Lipinski definition) is 8. The Morgan fingerprint density at radius 2 is 1.87 bits per heavy atom. The van der Waals surface area contributed by atoms with Crippen molar-refractivity contribution in [2.24, 2.45) is 0 Å². The highest BCUT2D eigenvalue weighted by atomic mass is 19.1. The molecule has 1 amide bonds. The second-order valence-electron chi connectivity index (χ2n) is 8.57. The summed E-state index contributed by atoms with van der Waals surface area (Å²) in [7, 11) is 1.53. The normalized spacial score (nSPS) is 13.0. The number of nitrogens with zero attached hydrogens (tertiary/aromatic N) is 5. The third kappa shape index (κ3) is 4.10. The fraction of sp³-hybridized carbons (Fsp3) is 0.192. The molecule has 6 rings (SSSR count). The monoisotopic (exact) mass is 516 g/mol. The maximum Gasteiger partial charge on any atom is 0.299 e. The molecule has 0 saturated heterocycles. The van der Waals surface area contributed by atoms with E-state index in [1.807, 2.05) is 0 Å². The van der Waals surface area contributed by atoms with Crippen LogP contribution in [0, 0.1) is 5.82 Å². The van der Waals surface area contributed by atoms with Crippen molar-refractivity contribution in [2.45, 2.75) is 13.0 Å². The van der Waals surface area contributed by atoms with E-state index in [0.717, 1.165) is 11.1 Å². The highest BCUT2D eigenvalue weighted by molar-refractivity contribution is 6.00. The summed E-state index contributed by atoms with van der Waals surface area (Å²) in [6.45, 7) is 1.19. The van der Waals surface area contributed by atoms with Crippen molar-refractivity contribution in [3.8, 4) is 22.6 Å². The van der Waals surface area contributed by atoms with Crippen molar-refractivity contribution in [1.29, 1.82) is 0 Å². The second-order valence-corrected chi connectivity index (χ2v) is 8.57. The van der Waals surface area contributed by atoms with Crippen molar-refractivity contribution in [3.63, 3.8) is 0 Å². The van der Waals surface area contributed by atoms with Crippen LogP contribution in [-0.4, -0.2) is 50.7 Å². The van der Waals surface area contributed by atoms with Gasteiger partial charge in [0.15, 0.2) is 22.7 Å². The van der Waals surface area contributed by atoms with Gasteiger partial charge in [0.05, 0.1) is 31.1 Å². The number of aromatic nitrogens is 5. The number of halogens is 1. The number of carbonyl (C=O) groups is 1. The molecular weight excluding hydrogens is 495 g/mol. The Labute approximate surface area is 214 Å². The Kier molecular flexibility index (Phi) is 5.92. The van der Waals surface area contributed by atoms with E-state index in [1.165, 1.54) is 30.0 Å². The molecule has 1 N–H and O–H groups in total. The fourth-order valence-corrected chi connectivity index (χ4v) is 4.31. The maximum atomic E-state index is 13.5. The third-order valence-electron chi connectivity index (χ3n) is 6.10. The molecule has 0 spiro atoms. The van der Waals surface area contributed by atoms with E-state index in [1.54, 1.807) is 36.4 Å². The van der Waals surface area contributed by atoms with Crippen molar-refractivity contribution >= 4 is 22.6 Å². The summed E-state index contributed by atoms with van der Waals surface area (Å²) < 4.78 is 32.6. The van der Waals surface area contributed by atoms with Crippen LogP contribution < -0.4 is 20.5 Å². The molecule has 0 bridgehead atoms. The van der Waals surface area contributed by atoms with Crippen molar-refractivity contribution in [2.75, 3.05) is 25.7 Å². The Morgan fingerprint density at radius 3 is 2.66 bits per heavy atom. The van der Waals surface area contributed by atoms with Gasteiger partial charge in [0.25, 0.3) is 11.5 Å². The molecule has 1 aliphatic heterocycles. The molecule has 1 aliphatic rings. The average Bonchev–Trinajstić information content (AvgIpc) is 3.12. The molecule has 11 nitrogen and oxygen atoms in total. The van der Waals surface area contributed by atoms with Gasteiger partial charge in [-0.2, -0.15) is 5.10 Å². The molecule has 0 saturated carbocycles. The molecule has 0 fully saturated rings. The zero-order valence-corrected chi connectivity index (χ0v) is 20.2. The number of carbonyl (C=O) groups excluding carboxylic acids is 1. The number of nitrogens with one attached hydrogen (secondary N) is 1. The van der Waals surface area contributed by atoms with Gasteiger partial charge in [-0.3, -0.25) is 15.0 Å². The zero-order chi connectivity index (χ0) is 26.2. The van der Waals surface area contributed by atoms with Gasteiger partial charge in [0, 0.05) is 25.3 Å². The maximum absolute atomic E-state index is 13.5. The van der Waals surface area contributed by atoms with E-state index in [-0.39, 0.29) is 17.9 Å². The number of pyridine rings is 1. The van der Waals surface area contributed by atoms with Gasteiger partial charge in [0.2, 0.25) is 0 Å². The number of methoxy groups -OCH3 is 1. The van der Waals surface area contributed by atoms with Crippen molar-refractivity contribution in [3.05, 3.63) is 82.2 Å². The Balaban J connectivity index is 1.38. The van der Waals surface area contributed by atoms with Gasteiger partial charge in [-0.1, -0.05) is 12.1 Å². The van der Waals surface area contributed by atoms with E-state index >= 15 is 0 Å². The number of hydrogen-bond donors (Lipinski definition) is 1. The first kappa shape index (κ1) is 23.6. The lowest BCUT2D eigenvalue weighted by Crippen LogP contribution is -2.33. The lowest BCUT2D eigenvalue weighted by atomic mass is 10.1. The number of amides is 1. The zero-order valence-electron chi connectivity index (χ0n) is 20.2. The second kappa shape index (κ2) is 9.56. The first-order chi connectivity index (χ1) is 18.5. The van der Waals surface area contributed by atoms with Gasteiger partial charge < -0.3 is 14.2 Å². The first-order valence-corrected chi connectivity index (χ1v) is 11.8. The number of ether oxygens (including phenoxy) is 3. The van der Waals surface area contributed by atoms with Crippen LogP contribution in [0.25, 0.3) is 27.8 Å². The van der Waals surface area contributed by atoms with Crippen LogP contribution in [0.15, 0.2) is 59.5 Å². The van der Waals surface area contributed by atoms with E-state index in [4.69, 9.17) is 14.2 Å². The Bertz CT molecular complexity index is 1750. The van der Waals surface area contributed by atoms with Crippen LogP contribution in [0.3, 0.4) is 0 Å². The van der Waals surface area contributed by atoms with Gasteiger partial charge in [-0.15, -0.1) is 10.2 Å². The van der Waals surface area contributed by atoms with Crippen LogP contribution in [0.1, 0.15) is 22.5 Å². The number of rotatable bonds is 5. The summed E-state index contributed by atoms with van der Waals surface area (Å²) in [5.41, 5.74) is 4.88. The third-order valence-corrected chi connectivity index (χ3v) is 6.10. The van der Waals surface area contributed by atoms with E-state index in [9.17, 15) is 14.0 Å². The molecular formula is C26H21FN6O5. The van der Waals surface area contributed by atoms with Crippen LogP contribution in [0.4, 0.5) is 4.39 Å². The van der Waals surface area contributed by atoms with Crippen molar-refractivity contribution < 1.29 is 23.4 Å². The molecule has 0 atom stereocenters. The molecule has 3 aromatic heterocycles. The SMILES string of the molecule is COCc1nn2c(nnc3c(=O)n(NC(=O)c4ccc5c(c4)OCCCO5)ccc32)c1-c1ccc(F)cc1. The van der Waals surface area contributed by atoms with Gasteiger partial charge in [-0.05, 0) is 42.0 Å². The van der Waals surface area contributed by atoms with Crippen LogP contribution in [0.2, 0.25) is 0 Å². The smallest absolute Gasteiger partial charge is 0.299 e. The molecule has 5 aromatic rings. The molecule has 0 aliphatic carbocycles. The summed E-state index contributed by atoms with van der Waals surface area (Å²) >= 11 is 0. The molecule has 192 valence electrons. The van der Waals surface area contributed by atoms with Crippen LogP contribution >= 0.6 is 0 Å². The summed E-state index contributed by atoms with van der Waals surface area (Å²) in [6.07, 6.45) is 2.16. The van der Waals surface area contributed by atoms with Gasteiger partial charge >= 0.3 is 0 Å². The standard InChI is InChI=1S/C26H21FN6O5/c1-36-14-18-22(15-3-6-17(27)7-4-15)24-29-28-23-19(33(24)30-18)9-10-32(26(23)35)31-25(34)16-5-8-20-21(13-16)38-12-2-11-37-20/h3-10,13H,2,11-12,14H2,1H3,(H,31,34). The van der Waals surface area contributed by atoms with Crippen LogP contribution in [-0.2, 0) is 11.3 Å². The number of fused-ring (bicyclic) bond motifs is 4. The van der Waals surface area contributed by atoms with Crippen LogP contribution in [0.5, 0.6) is 11.5 Å². The average molecular weight is 516 g/mol. The Hall–Kier alpha value is -4.84. The molecule has 2 aromatic carbocycles. The summed E-state index contributed by atoms with van der Waals surface area (Å²) in [4.78, 5) is 26.2. The minimum atomic E-state index is -0.591. The van der Waals surface area contributed by atoms with Gasteiger partial charge in [0.1, 0.15) is 11.3 Å². The molecule has 0 radical (unpaired) electrons. The fourth-order valence-electron chi connectivity index (χ4n) is 4.31. The largest absolute Gasteiger partial charge is 0.490 e. The summed E-state index contributed by atoms with van der Waals surface area (Å²) in [5.74, 6) is 0.144. The summed E-state index contributed by atoms with van der Waals surface area (Å²) in [5, 5.41) is 13.0. The molecule has 0 unspecified atom stereocenters. The van der Waals surface area contributed by atoms with Gasteiger partial charge in [-0.25, -0.2) is 13.6 Å².